The highest BCUT2D eigenvalue weighted by Gasteiger charge is 2.22. The number of nitrogens with one attached hydrogen (secondary N) is 1. The third-order valence-electron chi connectivity index (χ3n) is 2.60. The van der Waals surface area contributed by atoms with E-state index in [1.165, 1.54) is 0 Å². The maximum Gasteiger partial charge on any atom is 0.0727 e. The van der Waals surface area contributed by atoms with Crippen molar-refractivity contribution in [3.8, 4) is 0 Å². The molecular weight excluding hydrogens is 268 g/mol. The van der Waals surface area contributed by atoms with E-state index in [-0.39, 0.29) is 0 Å². The van der Waals surface area contributed by atoms with Gasteiger partial charge in [-0.3, -0.25) is 9.22 Å². The summed E-state index contributed by atoms with van der Waals surface area (Å²) in [5.41, 5.74) is 1.68. The second-order valence-corrected chi connectivity index (χ2v) is 5.43. The topological polar surface area (TPSA) is 55.4 Å². The summed E-state index contributed by atoms with van der Waals surface area (Å²) in [6.45, 7) is 0. The van der Waals surface area contributed by atoms with Gasteiger partial charge in [-0.2, -0.15) is 4.83 Å². The maximum absolute atomic E-state index is 10.9. The maximum atomic E-state index is 10.9. The standard InChI is InChI=1S/C12H10N2O2S2/c15-18(16)13-14-9-5-1-3-7-11(9)17-12-8-4-2-6-10(12)14/h1-8,13H,(H,15,16)/p-1. The number of benzene rings is 2. The Kier molecular flexibility index (Phi) is 3.09. The predicted octanol–water partition coefficient (Wildman–Crippen LogP) is 2.59. The van der Waals surface area contributed by atoms with Gasteiger partial charge in [0.1, 0.15) is 0 Å². The molecule has 2 aromatic carbocycles. The van der Waals surface area contributed by atoms with Gasteiger partial charge in [-0.1, -0.05) is 36.0 Å². The van der Waals surface area contributed by atoms with Crippen LogP contribution in [0.5, 0.6) is 0 Å². The Hall–Kier alpha value is -1.34. The van der Waals surface area contributed by atoms with Crippen molar-refractivity contribution in [2.75, 3.05) is 5.01 Å². The molecule has 2 aromatic rings. The van der Waals surface area contributed by atoms with Gasteiger partial charge in [0.15, 0.2) is 0 Å². The Morgan fingerprint density at radius 2 is 1.50 bits per heavy atom. The minimum atomic E-state index is -2.36. The van der Waals surface area contributed by atoms with E-state index in [2.05, 4.69) is 4.83 Å². The van der Waals surface area contributed by atoms with E-state index >= 15 is 0 Å². The van der Waals surface area contributed by atoms with Crippen LogP contribution in [0.15, 0.2) is 58.3 Å². The lowest BCUT2D eigenvalue weighted by molar-refractivity contribution is 0.523. The van der Waals surface area contributed by atoms with Crippen molar-refractivity contribution in [3.63, 3.8) is 0 Å². The van der Waals surface area contributed by atoms with Gasteiger partial charge in [0, 0.05) is 21.1 Å². The summed E-state index contributed by atoms with van der Waals surface area (Å²) >= 11 is -0.730. The average Bonchev–Trinajstić information content (AvgIpc) is 2.38. The highest BCUT2D eigenvalue weighted by atomic mass is 32.2. The van der Waals surface area contributed by atoms with Crippen LogP contribution in [0.25, 0.3) is 0 Å². The number of hydrogen-bond acceptors (Lipinski definition) is 4. The Bertz CT molecular complexity index is 573. The van der Waals surface area contributed by atoms with Gasteiger partial charge in [-0.05, 0) is 24.3 Å². The molecule has 0 aliphatic carbocycles. The van der Waals surface area contributed by atoms with Crippen LogP contribution in [0.4, 0.5) is 11.4 Å². The molecule has 1 aliphatic rings. The van der Waals surface area contributed by atoms with Crippen molar-refractivity contribution in [2.24, 2.45) is 0 Å². The van der Waals surface area contributed by atoms with Gasteiger partial charge in [0.05, 0.1) is 11.4 Å². The molecule has 18 heavy (non-hydrogen) atoms. The summed E-state index contributed by atoms with van der Waals surface area (Å²) in [4.78, 5) is 4.48. The summed E-state index contributed by atoms with van der Waals surface area (Å²) in [6, 6.07) is 15.4. The smallest absolute Gasteiger partial charge is 0.0727 e. The van der Waals surface area contributed by atoms with Gasteiger partial charge in [0.25, 0.3) is 0 Å². The summed E-state index contributed by atoms with van der Waals surface area (Å²) < 4.78 is 21.9. The monoisotopic (exact) mass is 277 g/mol. The van der Waals surface area contributed by atoms with Crippen LogP contribution >= 0.6 is 11.8 Å². The number of anilines is 2. The first-order chi connectivity index (χ1) is 8.75. The number of para-hydroxylation sites is 2. The first kappa shape index (κ1) is 11.7. The van der Waals surface area contributed by atoms with E-state index in [0.717, 1.165) is 21.2 Å². The van der Waals surface area contributed by atoms with Gasteiger partial charge < -0.3 is 4.55 Å². The quantitative estimate of drug-likeness (QED) is 0.857. The van der Waals surface area contributed by atoms with Crippen LogP contribution in [-0.2, 0) is 11.3 Å². The normalized spacial score (nSPS) is 14.8. The summed E-state index contributed by atoms with van der Waals surface area (Å²) in [5, 5.41) is 1.59. The first-order valence-corrected chi connectivity index (χ1v) is 7.16. The summed E-state index contributed by atoms with van der Waals surface area (Å²) in [6.07, 6.45) is 0. The third-order valence-corrected chi connectivity index (χ3v) is 4.06. The van der Waals surface area contributed by atoms with Crippen LogP contribution in [0.2, 0.25) is 0 Å². The summed E-state index contributed by atoms with van der Waals surface area (Å²) in [7, 11) is 0. The van der Waals surface area contributed by atoms with E-state index in [0.29, 0.717) is 0 Å². The van der Waals surface area contributed by atoms with Crippen LogP contribution in [0, 0.1) is 0 Å². The molecule has 0 aromatic heterocycles. The molecule has 0 saturated heterocycles. The SMILES string of the molecule is O=S([O-])NN1c2ccccc2Sc2ccccc21. The van der Waals surface area contributed by atoms with Crippen LogP contribution in [0.1, 0.15) is 0 Å². The largest absolute Gasteiger partial charge is 0.759 e. The second kappa shape index (κ2) is 4.74. The molecule has 0 bridgehead atoms. The van der Waals surface area contributed by atoms with Gasteiger partial charge in [0.2, 0.25) is 0 Å². The number of nitrogens with zero attached hydrogens (tertiary/aromatic N) is 1. The molecule has 0 amide bonds. The lowest BCUT2D eigenvalue weighted by Gasteiger charge is -2.33. The predicted molar refractivity (Wildman–Crippen MR) is 71.2 cm³/mol. The fraction of sp³-hybridized carbons (Fsp3) is 0. The van der Waals surface area contributed by atoms with Crippen molar-refractivity contribution < 1.29 is 8.76 Å². The molecule has 1 heterocycles. The van der Waals surface area contributed by atoms with Crippen LogP contribution < -0.4 is 9.84 Å². The summed E-state index contributed by atoms with van der Waals surface area (Å²) in [5.74, 6) is 0. The molecule has 1 unspecified atom stereocenters. The minimum absolute atomic E-state index is 0.838. The highest BCUT2D eigenvalue weighted by Crippen LogP contribution is 2.46. The third kappa shape index (κ3) is 2.04. The Morgan fingerprint density at radius 1 is 1.00 bits per heavy atom. The van der Waals surface area contributed by atoms with Crippen molar-refractivity contribution in [1.29, 1.82) is 0 Å². The molecule has 0 fully saturated rings. The average molecular weight is 277 g/mol. The number of hydrogen-bond donors (Lipinski definition) is 1. The molecular formula is C12H9N2O2S2-. The van der Waals surface area contributed by atoms with Crippen LogP contribution in [-0.4, -0.2) is 8.76 Å². The molecule has 0 spiro atoms. The molecule has 6 heteroatoms. The zero-order valence-corrected chi connectivity index (χ0v) is 10.8. The van der Waals surface area contributed by atoms with Gasteiger partial charge in [-0.25, -0.2) is 0 Å². The Labute approximate surface area is 111 Å². The van der Waals surface area contributed by atoms with E-state index < -0.39 is 11.3 Å². The van der Waals surface area contributed by atoms with Crippen molar-refractivity contribution in [1.82, 2.24) is 4.83 Å². The highest BCUT2D eigenvalue weighted by molar-refractivity contribution is 7.99. The molecule has 1 atom stereocenters. The van der Waals surface area contributed by atoms with E-state index in [1.54, 1.807) is 16.8 Å². The molecule has 92 valence electrons. The van der Waals surface area contributed by atoms with E-state index in [9.17, 15) is 8.76 Å². The number of hydrazine groups is 1. The lowest BCUT2D eigenvalue weighted by atomic mass is 10.2. The van der Waals surface area contributed by atoms with Crippen molar-refractivity contribution in [3.05, 3.63) is 48.5 Å². The molecule has 3 rings (SSSR count). The van der Waals surface area contributed by atoms with Crippen molar-refractivity contribution >= 4 is 34.4 Å². The first-order valence-electron chi connectivity index (χ1n) is 5.27. The Balaban J connectivity index is 2.14. The fourth-order valence-corrected chi connectivity index (χ4v) is 3.28. The van der Waals surface area contributed by atoms with E-state index in [4.69, 9.17) is 0 Å². The zero-order chi connectivity index (χ0) is 12.5. The number of fused-ring (bicyclic) bond motifs is 2. The lowest BCUT2D eigenvalue weighted by Crippen LogP contribution is -2.36. The minimum Gasteiger partial charge on any atom is -0.759 e. The van der Waals surface area contributed by atoms with Crippen LogP contribution in [0.3, 0.4) is 0 Å². The molecule has 1 aliphatic heterocycles. The zero-order valence-electron chi connectivity index (χ0n) is 9.20. The fourth-order valence-electron chi connectivity index (χ4n) is 1.88. The second-order valence-electron chi connectivity index (χ2n) is 3.70. The number of rotatable bonds is 2. The molecule has 0 saturated carbocycles. The van der Waals surface area contributed by atoms with Gasteiger partial charge in [-0.15, -0.1) is 0 Å². The van der Waals surface area contributed by atoms with Crippen molar-refractivity contribution in [2.45, 2.75) is 9.79 Å². The van der Waals surface area contributed by atoms with E-state index in [1.807, 2.05) is 48.5 Å². The molecule has 0 radical (unpaired) electrons. The molecule has 1 N–H and O–H groups in total. The van der Waals surface area contributed by atoms with Gasteiger partial charge >= 0.3 is 0 Å². The Morgan fingerprint density at radius 3 is 2.00 bits per heavy atom. The molecule has 4 nitrogen and oxygen atoms in total.